The number of nitrogens with one attached hydrogen (secondary N) is 1. The number of H-pyrrole nitrogens is 1. The molecule has 7 rings (SSSR count). The molecular weight excluding hydrogens is 538 g/mol. The minimum atomic E-state index is -0.378. The van der Waals surface area contributed by atoms with Crippen molar-refractivity contribution in [1.29, 1.82) is 0 Å². The van der Waals surface area contributed by atoms with Crippen molar-refractivity contribution >= 4 is 11.6 Å². The van der Waals surface area contributed by atoms with Gasteiger partial charge in [0.1, 0.15) is 17.2 Å². The predicted molar refractivity (Wildman–Crippen MR) is 164 cm³/mol. The Morgan fingerprint density at radius 3 is 2.47 bits per heavy atom. The highest BCUT2D eigenvalue weighted by molar-refractivity contribution is 5.91. The molecule has 1 N–H and O–H groups in total. The first kappa shape index (κ1) is 26.7. The summed E-state index contributed by atoms with van der Waals surface area (Å²) in [6.07, 6.45) is 5.71. The maximum absolute atomic E-state index is 12.2. The number of imidazole rings is 1. The Kier molecular flexibility index (Phi) is 7.22. The molecule has 9 nitrogen and oxygen atoms in total. The van der Waals surface area contributed by atoms with E-state index in [9.17, 15) is 4.79 Å². The summed E-state index contributed by atoms with van der Waals surface area (Å²) in [5.41, 5.74) is 7.16. The third kappa shape index (κ3) is 5.42. The first-order valence-electron chi connectivity index (χ1n) is 14.5. The van der Waals surface area contributed by atoms with Gasteiger partial charge in [-0.15, -0.1) is 0 Å². The van der Waals surface area contributed by atoms with Crippen LogP contribution < -0.4 is 0 Å². The van der Waals surface area contributed by atoms with Crippen LogP contribution >= 0.6 is 0 Å². The molecule has 0 aliphatic carbocycles. The van der Waals surface area contributed by atoms with Gasteiger partial charge in [0.15, 0.2) is 5.82 Å². The molecule has 1 aliphatic rings. The molecule has 0 radical (unpaired) electrons. The van der Waals surface area contributed by atoms with Crippen LogP contribution in [0.2, 0.25) is 0 Å². The smallest absolute Gasteiger partial charge is 0.338 e. The first-order chi connectivity index (χ1) is 21.2. The average molecular weight is 570 g/mol. The van der Waals surface area contributed by atoms with E-state index in [1.165, 1.54) is 12.7 Å². The van der Waals surface area contributed by atoms with Crippen molar-refractivity contribution in [3.05, 3.63) is 114 Å². The van der Waals surface area contributed by atoms with E-state index >= 15 is 0 Å². The number of likely N-dealkylation sites (tertiary alicyclic amines) is 1. The lowest BCUT2D eigenvalue weighted by molar-refractivity contribution is 0.0600. The second-order valence-corrected chi connectivity index (χ2v) is 10.8. The molecule has 6 aromatic rings. The van der Waals surface area contributed by atoms with E-state index in [1.54, 1.807) is 18.3 Å². The number of pyridine rings is 2. The zero-order valence-electron chi connectivity index (χ0n) is 23.9. The molecule has 9 heteroatoms. The van der Waals surface area contributed by atoms with Crippen molar-refractivity contribution in [2.45, 2.75) is 25.3 Å². The van der Waals surface area contributed by atoms with Gasteiger partial charge >= 0.3 is 5.97 Å². The van der Waals surface area contributed by atoms with Crippen molar-refractivity contribution < 1.29 is 9.53 Å². The number of rotatable bonds is 7. The lowest BCUT2D eigenvalue weighted by Crippen LogP contribution is -2.32. The highest BCUT2D eigenvalue weighted by atomic mass is 16.5. The monoisotopic (exact) mass is 569 g/mol. The molecule has 1 fully saturated rings. The minimum absolute atomic E-state index is 0.370. The molecule has 0 bridgehead atoms. The number of aromatic nitrogens is 6. The largest absolute Gasteiger partial charge is 0.465 e. The summed E-state index contributed by atoms with van der Waals surface area (Å²) in [4.78, 5) is 28.7. The summed E-state index contributed by atoms with van der Waals surface area (Å²) in [5, 5.41) is 7.54. The summed E-state index contributed by atoms with van der Waals surface area (Å²) < 4.78 is 6.95. The SMILES string of the molecule is COC(=O)c1ccn2c(-c3ccccc3)c(-c3ccc(CN4CCC(c5nc(-c6ccccn6)n[nH]5)CC4)cc3)nc2c1. The molecule has 0 atom stereocenters. The molecule has 214 valence electrons. The zero-order valence-corrected chi connectivity index (χ0v) is 23.9. The summed E-state index contributed by atoms with van der Waals surface area (Å²) in [6, 6.07) is 28.2. The number of piperidine rings is 1. The number of aromatic amines is 1. The number of fused-ring (bicyclic) bond motifs is 1. The van der Waals surface area contributed by atoms with Crippen LogP contribution in [0.15, 0.2) is 97.3 Å². The van der Waals surface area contributed by atoms with Crippen molar-refractivity contribution in [3.63, 3.8) is 0 Å². The summed E-state index contributed by atoms with van der Waals surface area (Å²) in [7, 11) is 1.39. The molecule has 2 aromatic carbocycles. The van der Waals surface area contributed by atoms with Gasteiger partial charge in [-0.05, 0) is 55.8 Å². The highest BCUT2D eigenvalue weighted by Crippen LogP contribution is 2.34. The predicted octanol–water partition coefficient (Wildman–Crippen LogP) is 6.01. The molecule has 0 amide bonds. The van der Waals surface area contributed by atoms with Gasteiger partial charge in [-0.2, -0.15) is 5.10 Å². The molecule has 0 unspecified atom stereocenters. The van der Waals surface area contributed by atoms with Gasteiger partial charge in [0, 0.05) is 36.0 Å². The molecular formula is C34H31N7O2. The standard InChI is InChI=1S/C34H31N7O2/c1-43-34(42)27-16-20-41-29(21-27)36-30(31(41)25-7-3-2-4-8-25)24-12-10-23(11-13-24)22-40-18-14-26(15-19-40)32-37-33(39-38-32)28-9-5-6-17-35-28/h2-13,16-17,20-21,26H,14-15,18-19,22H2,1H3,(H,37,38,39). The van der Waals surface area contributed by atoms with Gasteiger partial charge in [0.05, 0.1) is 24.1 Å². The van der Waals surface area contributed by atoms with Crippen LogP contribution in [0.4, 0.5) is 0 Å². The Morgan fingerprint density at radius 2 is 1.72 bits per heavy atom. The number of methoxy groups -OCH3 is 1. The number of benzene rings is 2. The maximum Gasteiger partial charge on any atom is 0.338 e. The Bertz CT molecular complexity index is 1860. The third-order valence-electron chi connectivity index (χ3n) is 8.10. The molecule has 0 saturated carbocycles. The highest BCUT2D eigenvalue weighted by Gasteiger charge is 2.24. The van der Waals surface area contributed by atoms with E-state index in [0.29, 0.717) is 23.0 Å². The van der Waals surface area contributed by atoms with Crippen LogP contribution in [-0.2, 0) is 11.3 Å². The number of hydrogen-bond donors (Lipinski definition) is 1. The van der Waals surface area contributed by atoms with Crippen LogP contribution in [0.1, 0.15) is 40.5 Å². The van der Waals surface area contributed by atoms with Crippen molar-refractivity contribution in [1.82, 2.24) is 34.4 Å². The third-order valence-corrected chi connectivity index (χ3v) is 8.10. The number of ether oxygens (including phenoxy) is 1. The Labute approximate surface area is 249 Å². The lowest BCUT2D eigenvalue weighted by atomic mass is 9.95. The molecule has 0 spiro atoms. The summed E-state index contributed by atoms with van der Waals surface area (Å²) >= 11 is 0. The quantitative estimate of drug-likeness (QED) is 0.235. The van der Waals surface area contributed by atoms with Crippen LogP contribution in [-0.4, -0.2) is 60.6 Å². The topological polar surface area (TPSA) is 101 Å². The van der Waals surface area contributed by atoms with E-state index in [-0.39, 0.29) is 5.97 Å². The fourth-order valence-corrected chi connectivity index (χ4v) is 5.82. The summed E-state index contributed by atoms with van der Waals surface area (Å²) in [5.74, 6) is 1.60. The lowest BCUT2D eigenvalue weighted by Gasteiger charge is -2.30. The minimum Gasteiger partial charge on any atom is -0.465 e. The van der Waals surface area contributed by atoms with Gasteiger partial charge in [-0.3, -0.25) is 19.4 Å². The molecule has 1 aliphatic heterocycles. The molecule has 43 heavy (non-hydrogen) atoms. The summed E-state index contributed by atoms with van der Waals surface area (Å²) in [6.45, 7) is 2.89. The van der Waals surface area contributed by atoms with E-state index < -0.39 is 0 Å². The van der Waals surface area contributed by atoms with Gasteiger partial charge in [0.2, 0.25) is 0 Å². The second kappa shape index (κ2) is 11.6. The van der Waals surface area contributed by atoms with Crippen LogP contribution in [0, 0.1) is 0 Å². The maximum atomic E-state index is 12.2. The Morgan fingerprint density at radius 1 is 0.930 bits per heavy atom. The fourth-order valence-electron chi connectivity index (χ4n) is 5.82. The zero-order chi connectivity index (χ0) is 29.2. The van der Waals surface area contributed by atoms with Crippen molar-refractivity contribution in [3.8, 4) is 34.0 Å². The second-order valence-electron chi connectivity index (χ2n) is 10.8. The van der Waals surface area contributed by atoms with Gasteiger partial charge in [-0.1, -0.05) is 60.7 Å². The average Bonchev–Trinajstić information content (AvgIpc) is 3.71. The number of nitrogens with zero attached hydrogens (tertiary/aromatic N) is 6. The van der Waals surface area contributed by atoms with E-state index in [1.807, 2.05) is 47.0 Å². The van der Waals surface area contributed by atoms with Gasteiger partial charge in [-0.25, -0.2) is 14.8 Å². The van der Waals surface area contributed by atoms with E-state index in [4.69, 9.17) is 14.7 Å². The molecule has 5 heterocycles. The molecule has 1 saturated heterocycles. The van der Waals surface area contributed by atoms with Crippen molar-refractivity contribution in [2.24, 2.45) is 0 Å². The molecule has 4 aromatic heterocycles. The normalized spacial score (nSPS) is 14.3. The number of esters is 1. The van der Waals surface area contributed by atoms with Crippen LogP contribution in [0.25, 0.3) is 39.7 Å². The first-order valence-corrected chi connectivity index (χ1v) is 14.5. The van der Waals surface area contributed by atoms with Crippen molar-refractivity contribution in [2.75, 3.05) is 20.2 Å². The number of carbonyl (C=O) groups excluding carboxylic acids is 1. The van der Waals surface area contributed by atoms with Gasteiger partial charge in [0.25, 0.3) is 0 Å². The number of hydrogen-bond acceptors (Lipinski definition) is 7. The van der Waals surface area contributed by atoms with Crippen LogP contribution in [0.3, 0.4) is 0 Å². The van der Waals surface area contributed by atoms with E-state index in [2.05, 4.69) is 56.5 Å². The Hall–Kier alpha value is -5.15. The number of carbonyl (C=O) groups is 1. The van der Waals surface area contributed by atoms with Crippen LogP contribution in [0.5, 0.6) is 0 Å². The fraction of sp³-hybridized carbons (Fsp3) is 0.206. The van der Waals surface area contributed by atoms with Gasteiger partial charge < -0.3 is 4.74 Å². The Balaban J connectivity index is 1.07. The van der Waals surface area contributed by atoms with E-state index in [0.717, 1.165) is 66.5 Å².